The Labute approximate surface area is 179 Å². The van der Waals surface area contributed by atoms with Crippen molar-refractivity contribution >= 4 is 29.3 Å². The van der Waals surface area contributed by atoms with E-state index in [1.165, 1.54) is 11.8 Å². The van der Waals surface area contributed by atoms with Crippen LogP contribution in [-0.2, 0) is 9.53 Å². The van der Waals surface area contributed by atoms with Crippen molar-refractivity contribution in [1.29, 1.82) is 5.26 Å². The maximum Gasteiger partial charge on any atom is 0.338 e. The van der Waals surface area contributed by atoms with Crippen LogP contribution < -0.4 is 5.32 Å². The molecule has 7 heteroatoms. The number of carbonyl (C=O) groups is 2. The molecule has 0 radical (unpaired) electrons. The van der Waals surface area contributed by atoms with Crippen molar-refractivity contribution in [3.05, 3.63) is 77.6 Å². The lowest BCUT2D eigenvalue weighted by molar-refractivity contribution is -0.119. The van der Waals surface area contributed by atoms with Crippen molar-refractivity contribution in [1.82, 2.24) is 4.57 Å². The number of esters is 1. The third-order valence-corrected chi connectivity index (χ3v) is 5.36. The predicted molar refractivity (Wildman–Crippen MR) is 117 cm³/mol. The number of nitriles is 1. The molecule has 1 heterocycles. The number of aromatic nitrogens is 1. The molecular formula is C23H21N3O3S. The first-order valence-corrected chi connectivity index (χ1v) is 10.3. The third kappa shape index (κ3) is 5.10. The molecule has 0 bridgehead atoms. The van der Waals surface area contributed by atoms with Gasteiger partial charge >= 0.3 is 5.97 Å². The Kier molecular flexibility index (Phi) is 6.94. The number of carbonyl (C=O) groups excluding carboxylic acids is 2. The number of hydrogen-bond donors (Lipinski definition) is 1. The number of para-hydroxylation sites is 1. The van der Waals surface area contributed by atoms with Crippen molar-refractivity contribution in [3.8, 4) is 11.8 Å². The SMILES string of the molecule is Cc1ccc(C)n1-c1ccc(C(=O)OCC(=O)Nc2ccccc2SCC#N)cc1. The summed E-state index contributed by atoms with van der Waals surface area (Å²) in [7, 11) is 0. The van der Waals surface area contributed by atoms with Gasteiger partial charge in [0.25, 0.3) is 5.91 Å². The van der Waals surface area contributed by atoms with E-state index in [-0.39, 0.29) is 5.75 Å². The summed E-state index contributed by atoms with van der Waals surface area (Å²) in [6, 6.07) is 20.4. The molecule has 0 atom stereocenters. The summed E-state index contributed by atoms with van der Waals surface area (Å²) in [5.74, 6) is -0.728. The number of hydrogen-bond acceptors (Lipinski definition) is 5. The van der Waals surface area contributed by atoms with Gasteiger partial charge in [0.05, 0.1) is 23.1 Å². The molecule has 0 saturated carbocycles. The minimum Gasteiger partial charge on any atom is -0.452 e. The number of nitrogens with zero attached hydrogens (tertiary/aromatic N) is 2. The Hall–Kier alpha value is -3.50. The second-order valence-electron chi connectivity index (χ2n) is 6.57. The predicted octanol–water partition coefficient (Wildman–Crippen LogP) is 4.51. The Balaban J connectivity index is 1.58. The summed E-state index contributed by atoms with van der Waals surface area (Å²) in [4.78, 5) is 25.3. The molecule has 2 aromatic carbocycles. The van der Waals surface area contributed by atoms with E-state index >= 15 is 0 Å². The fourth-order valence-corrected chi connectivity index (χ4v) is 3.70. The number of rotatable bonds is 7. The van der Waals surface area contributed by atoms with E-state index in [0.29, 0.717) is 11.3 Å². The highest BCUT2D eigenvalue weighted by Crippen LogP contribution is 2.26. The zero-order valence-electron chi connectivity index (χ0n) is 16.7. The quantitative estimate of drug-likeness (QED) is 0.450. The molecule has 0 aliphatic heterocycles. The van der Waals surface area contributed by atoms with Gasteiger partial charge in [0.1, 0.15) is 0 Å². The zero-order valence-corrected chi connectivity index (χ0v) is 17.5. The van der Waals surface area contributed by atoms with Gasteiger partial charge in [-0.1, -0.05) is 12.1 Å². The number of thioether (sulfide) groups is 1. The van der Waals surface area contributed by atoms with Crippen LogP contribution in [0.3, 0.4) is 0 Å². The highest BCUT2D eigenvalue weighted by molar-refractivity contribution is 7.99. The molecule has 1 amide bonds. The van der Waals surface area contributed by atoms with Crippen molar-refractivity contribution in [2.24, 2.45) is 0 Å². The highest BCUT2D eigenvalue weighted by atomic mass is 32.2. The smallest absolute Gasteiger partial charge is 0.338 e. The highest BCUT2D eigenvalue weighted by Gasteiger charge is 2.13. The average molecular weight is 420 g/mol. The Morgan fingerprint density at radius 3 is 2.37 bits per heavy atom. The zero-order chi connectivity index (χ0) is 21.5. The molecule has 3 rings (SSSR count). The van der Waals surface area contributed by atoms with Crippen LogP contribution >= 0.6 is 11.8 Å². The molecule has 0 spiro atoms. The molecule has 30 heavy (non-hydrogen) atoms. The average Bonchev–Trinajstić information content (AvgIpc) is 3.09. The summed E-state index contributed by atoms with van der Waals surface area (Å²) < 4.78 is 7.23. The maximum absolute atomic E-state index is 12.3. The Morgan fingerprint density at radius 1 is 1.03 bits per heavy atom. The van der Waals surface area contributed by atoms with Gasteiger partial charge in [0.2, 0.25) is 0 Å². The molecule has 0 fully saturated rings. The number of benzene rings is 2. The van der Waals surface area contributed by atoms with Gasteiger partial charge in [-0.05, 0) is 62.4 Å². The Morgan fingerprint density at radius 2 is 1.70 bits per heavy atom. The normalized spacial score (nSPS) is 10.3. The lowest BCUT2D eigenvalue weighted by Crippen LogP contribution is -2.21. The standard InChI is InChI=1S/C23H21N3O3S/c1-16-7-8-17(2)26(16)19-11-9-18(10-12-19)23(28)29-15-22(27)25-20-5-3-4-6-21(20)30-14-13-24/h3-12H,14-15H2,1-2H3,(H,25,27). The van der Waals surface area contributed by atoms with Crippen LogP contribution in [0.1, 0.15) is 21.7 Å². The Bertz CT molecular complexity index is 1080. The number of amides is 1. The molecule has 3 aromatic rings. The van der Waals surface area contributed by atoms with Gasteiger partial charge in [0, 0.05) is 22.0 Å². The van der Waals surface area contributed by atoms with Gasteiger partial charge in [-0.25, -0.2) is 4.79 Å². The molecule has 0 unspecified atom stereocenters. The first-order valence-electron chi connectivity index (χ1n) is 9.30. The van der Waals surface area contributed by atoms with Gasteiger partial charge < -0.3 is 14.6 Å². The molecular weight excluding hydrogens is 398 g/mol. The van der Waals surface area contributed by atoms with Gasteiger partial charge in [-0.3, -0.25) is 4.79 Å². The van der Waals surface area contributed by atoms with Crippen LogP contribution in [0.4, 0.5) is 5.69 Å². The third-order valence-electron chi connectivity index (χ3n) is 4.42. The summed E-state index contributed by atoms with van der Waals surface area (Å²) in [5.41, 5.74) is 4.12. The first-order chi connectivity index (χ1) is 14.5. The number of anilines is 1. The summed E-state index contributed by atoms with van der Waals surface area (Å²) in [6.07, 6.45) is 0. The summed E-state index contributed by atoms with van der Waals surface area (Å²) in [6.45, 7) is 3.64. The van der Waals surface area contributed by atoms with Crippen LogP contribution in [0.25, 0.3) is 5.69 Å². The lowest BCUT2D eigenvalue weighted by atomic mass is 10.2. The minimum absolute atomic E-state index is 0.278. The second kappa shape index (κ2) is 9.81. The fraction of sp³-hybridized carbons (Fsp3) is 0.174. The van der Waals surface area contributed by atoms with E-state index in [4.69, 9.17) is 10.00 Å². The lowest BCUT2D eigenvalue weighted by Gasteiger charge is -2.11. The summed E-state index contributed by atoms with van der Waals surface area (Å²) in [5, 5.41) is 11.5. The largest absolute Gasteiger partial charge is 0.452 e. The van der Waals surface area contributed by atoms with Gasteiger partial charge in [-0.2, -0.15) is 5.26 Å². The van der Waals surface area contributed by atoms with Crippen LogP contribution in [0.15, 0.2) is 65.6 Å². The topological polar surface area (TPSA) is 84.1 Å². The molecule has 0 aliphatic carbocycles. The van der Waals surface area contributed by atoms with Crippen molar-refractivity contribution < 1.29 is 14.3 Å². The maximum atomic E-state index is 12.3. The summed E-state index contributed by atoms with van der Waals surface area (Å²) >= 11 is 1.33. The van der Waals surface area contributed by atoms with E-state index in [1.807, 2.05) is 50.2 Å². The van der Waals surface area contributed by atoms with E-state index < -0.39 is 18.5 Å². The number of aryl methyl sites for hydroxylation is 2. The van der Waals surface area contributed by atoms with Crippen LogP contribution in [-0.4, -0.2) is 28.8 Å². The molecule has 6 nitrogen and oxygen atoms in total. The number of nitrogens with one attached hydrogen (secondary N) is 1. The molecule has 1 N–H and O–H groups in total. The first kappa shape index (κ1) is 21.2. The monoisotopic (exact) mass is 419 g/mol. The van der Waals surface area contributed by atoms with E-state index in [2.05, 4.69) is 16.0 Å². The minimum atomic E-state index is -0.565. The van der Waals surface area contributed by atoms with Crippen molar-refractivity contribution in [3.63, 3.8) is 0 Å². The van der Waals surface area contributed by atoms with Crippen LogP contribution in [0, 0.1) is 25.2 Å². The molecule has 1 aromatic heterocycles. The van der Waals surface area contributed by atoms with Crippen LogP contribution in [0.5, 0.6) is 0 Å². The van der Waals surface area contributed by atoms with Crippen molar-refractivity contribution in [2.45, 2.75) is 18.7 Å². The number of ether oxygens (including phenoxy) is 1. The molecule has 152 valence electrons. The van der Waals surface area contributed by atoms with E-state index in [9.17, 15) is 9.59 Å². The van der Waals surface area contributed by atoms with Gasteiger partial charge in [-0.15, -0.1) is 11.8 Å². The van der Waals surface area contributed by atoms with Crippen LogP contribution in [0.2, 0.25) is 0 Å². The van der Waals surface area contributed by atoms with Gasteiger partial charge in [0.15, 0.2) is 6.61 Å². The van der Waals surface area contributed by atoms with E-state index in [0.717, 1.165) is 22.0 Å². The fourth-order valence-electron chi connectivity index (χ4n) is 3.03. The molecule has 0 aliphatic rings. The molecule has 0 saturated heterocycles. The van der Waals surface area contributed by atoms with E-state index in [1.54, 1.807) is 24.3 Å². The van der Waals surface area contributed by atoms with Crippen molar-refractivity contribution in [2.75, 3.05) is 17.7 Å². The second-order valence-corrected chi connectivity index (χ2v) is 7.58.